The highest BCUT2D eigenvalue weighted by atomic mass is 32.1. The van der Waals surface area contributed by atoms with E-state index < -0.39 is 6.10 Å². The van der Waals surface area contributed by atoms with Crippen LogP contribution in [0.25, 0.3) is 10.9 Å². The minimum Gasteiger partial charge on any atom is -0.387 e. The van der Waals surface area contributed by atoms with Crippen LogP contribution in [0, 0.1) is 0 Å². The molecule has 0 bridgehead atoms. The first-order chi connectivity index (χ1) is 8.84. The standard InChI is InChI=1S/C14H12N2OS/c17-13(14-8-15-9-18-14)7-10-5-6-16-12-4-2-1-3-11(10)12/h1-6,8-9,13,17H,7H2. The molecule has 0 aliphatic heterocycles. The predicted octanol–water partition coefficient (Wildman–Crippen LogP) is 2.97. The van der Waals surface area contributed by atoms with Crippen molar-refractivity contribution in [1.29, 1.82) is 0 Å². The lowest BCUT2D eigenvalue weighted by atomic mass is 10.0. The van der Waals surface area contributed by atoms with E-state index in [1.165, 1.54) is 11.3 Å². The van der Waals surface area contributed by atoms with Crippen molar-refractivity contribution in [2.75, 3.05) is 0 Å². The van der Waals surface area contributed by atoms with E-state index in [4.69, 9.17) is 0 Å². The Labute approximate surface area is 109 Å². The zero-order valence-electron chi connectivity index (χ0n) is 9.65. The lowest BCUT2D eigenvalue weighted by Crippen LogP contribution is -2.00. The number of aliphatic hydroxyl groups is 1. The molecule has 0 fully saturated rings. The maximum Gasteiger partial charge on any atom is 0.0938 e. The number of nitrogens with zero attached hydrogens (tertiary/aromatic N) is 2. The molecular weight excluding hydrogens is 244 g/mol. The lowest BCUT2D eigenvalue weighted by molar-refractivity contribution is 0.182. The van der Waals surface area contributed by atoms with Crippen LogP contribution in [0.5, 0.6) is 0 Å². The summed E-state index contributed by atoms with van der Waals surface area (Å²) < 4.78 is 0. The number of fused-ring (bicyclic) bond motifs is 1. The molecule has 0 saturated heterocycles. The number of aliphatic hydroxyl groups excluding tert-OH is 1. The molecule has 0 spiro atoms. The van der Waals surface area contributed by atoms with Gasteiger partial charge in [-0.2, -0.15) is 0 Å². The lowest BCUT2D eigenvalue weighted by Gasteiger charge is -2.10. The van der Waals surface area contributed by atoms with Gasteiger partial charge in [0.25, 0.3) is 0 Å². The van der Waals surface area contributed by atoms with Crippen LogP contribution in [-0.2, 0) is 6.42 Å². The average Bonchev–Trinajstić information content (AvgIpc) is 2.93. The van der Waals surface area contributed by atoms with Crippen molar-refractivity contribution in [3.8, 4) is 0 Å². The van der Waals surface area contributed by atoms with E-state index in [2.05, 4.69) is 9.97 Å². The van der Waals surface area contributed by atoms with Gasteiger partial charge in [-0.25, -0.2) is 0 Å². The van der Waals surface area contributed by atoms with Crippen LogP contribution in [0.15, 0.2) is 48.2 Å². The molecule has 1 atom stereocenters. The number of aromatic nitrogens is 2. The van der Waals surface area contributed by atoms with Gasteiger partial charge in [-0.05, 0) is 17.7 Å². The Balaban J connectivity index is 1.95. The fraction of sp³-hybridized carbons (Fsp3) is 0.143. The van der Waals surface area contributed by atoms with Crippen LogP contribution in [0.1, 0.15) is 16.5 Å². The Morgan fingerprint density at radius 2 is 2.11 bits per heavy atom. The molecule has 1 unspecified atom stereocenters. The number of hydrogen-bond acceptors (Lipinski definition) is 4. The van der Waals surface area contributed by atoms with Crippen LogP contribution in [0.4, 0.5) is 0 Å². The van der Waals surface area contributed by atoms with Crippen molar-refractivity contribution in [3.05, 3.63) is 58.7 Å². The molecule has 0 radical (unpaired) electrons. The van der Waals surface area contributed by atoms with Gasteiger partial charge in [0.05, 0.1) is 22.0 Å². The summed E-state index contributed by atoms with van der Waals surface area (Å²) >= 11 is 1.48. The zero-order valence-corrected chi connectivity index (χ0v) is 10.5. The van der Waals surface area contributed by atoms with E-state index in [-0.39, 0.29) is 0 Å². The predicted molar refractivity (Wildman–Crippen MR) is 72.5 cm³/mol. The summed E-state index contributed by atoms with van der Waals surface area (Å²) in [7, 11) is 0. The smallest absolute Gasteiger partial charge is 0.0938 e. The summed E-state index contributed by atoms with van der Waals surface area (Å²) in [6, 6.07) is 9.95. The van der Waals surface area contributed by atoms with Gasteiger partial charge in [0, 0.05) is 24.2 Å². The third-order valence-electron chi connectivity index (χ3n) is 2.93. The second kappa shape index (κ2) is 4.84. The Kier molecular flexibility index (Phi) is 3.04. The maximum absolute atomic E-state index is 10.2. The molecule has 1 N–H and O–H groups in total. The summed E-state index contributed by atoms with van der Waals surface area (Å²) in [5, 5.41) is 11.3. The highest BCUT2D eigenvalue weighted by molar-refractivity contribution is 7.09. The monoisotopic (exact) mass is 256 g/mol. The SMILES string of the molecule is OC(Cc1ccnc2ccccc12)c1cncs1. The molecule has 1 aromatic carbocycles. The molecule has 0 saturated carbocycles. The quantitative estimate of drug-likeness (QED) is 0.783. The molecule has 0 amide bonds. The van der Waals surface area contributed by atoms with Gasteiger partial charge in [0.2, 0.25) is 0 Å². The number of thiazole rings is 1. The molecule has 18 heavy (non-hydrogen) atoms. The van der Waals surface area contributed by atoms with Gasteiger partial charge in [0.1, 0.15) is 0 Å². The molecule has 90 valence electrons. The first-order valence-corrected chi connectivity index (χ1v) is 6.61. The van der Waals surface area contributed by atoms with Crippen molar-refractivity contribution in [3.63, 3.8) is 0 Å². The normalized spacial score (nSPS) is 12.7. The van der Waals surface area contributed by atoms with Crippen LogP contribution in [0.3, 0.4) is 0 Å². The summed E-state index contributed by atoms with van der Waals surface area (Å²) in [6.45, 7) is 0. The first kappa shape index (κ1) is 11.3. The van der Waals surface area contributed by atoms with E-state index in [1.807, 2.05) is 30.3 Å². The van der Waals surface area contributed by atoms with Gasteiger partial charge in [-0.15, -0.1) is 11.3 Å². The van der Waals surface area contributed by atoms with Crippen molar-refractivity contribution in [1.82, 2.24) is 9.97 Å². The Morgan fingerprint density at radius 1 is 1.22 bits per heavy atom. The number of benzene rings is 1. The molecule has 2 heterocycles. The molecular formula is C14H12N2OS. The minimum absolute atomic E-state index is 0.497. The largest absolute Gasteiger partial charge is 0.387 e. The second-order valence-corrected chi connectivity index (χ2v) is 5.03. The van der Waals surface area contributed by atoms with Gasteiger partial charge in [-0.1, -0.05) is 18.2 Å². The molecule has 4 heteroatoms. The molecule has 0 aliphatic rings. The van der Waals surface area contributed by atoms with E-state index in [9.17, 15) is 5.11 Å². The first-order valence-electron chi connectivity index (χ1n) is 5.73. The minimum atomic E-state index is -0.497. The molecule has 3 rings (SSSR count). The van der Waals surface area contributed by atoms with Crippen molar-refractivity contribution in [2.45, 2.75) is 12.5 Å². The summed E-state index contributed by atoms with van der Waals surface area (Å²) in [4.78, 5) is 9.21. The van der Waals surface area contributed by atoms with Crippen LogP contribution in [0.2, 0.25) is 0 Å². The highest BCUT2D eigenvalue weighted by Crippen LogP contribution is 2.25. The van der Waals surface area contributed by atoms with E-state index in [0.717, 1.165) is 21.3 Å². The fourth-order valence-corrected chi connectivity index (χ4v) is 2.64. The Hall–Kier alpha value is -1.78. The Bertz CT molecular complexity index is 646. The van der Waals surface area contributed by atoms with Crippen molar-refractivity contribution >= 4 is 22.2 Å². The third-order valence-corrected chi connectivity index (χ3v) is 3.81. The van der Waals surface area contributed by atoms with E-state index >= 15 is 0 Å². The Morgan fingerprint density at radius 3 is 2.94 bits per heavy atom. The van der Waals surface area contributed by atoms with Gasteiger partial charge < -0.3 is 5.11 Å². The fourth-order valence-electron chi connectivity index (χ4n) is 2.03. The summed E-state index contributed by atoms with van der Waals surface area (Å²) in [5.74, 6) is 0. The summed E-state index contributed by atoms with van der Waals surface area (Å²) in [6.07, 6.45) is 3.60. The summed E-state index contributed by atoms with van der Waals surface area (Å²) in [5.41, 5.74) is 3.82. The number of rotatable bonds is 3. The van der Waals surface area contributed by atoms with Crippen molar-refractivity contribution < 1.29 is 5.11 Å². The average molecular weight is 256 g/mol. The van der Waals surface area contributed by atoms with E-state index in [0.29, 0.717) is 6.42 Å². The molecule has 0 aliphatic carbocycles. The van der Waals surface area contributed by atoms with Crippen LogP contribution < -0.4 is 0 Å². The van der Waals surface area contributed by atoms with Crippen LogP contribution >= 0.6 is 11.3 Å². The third kappa shape index (κ3) is 2.12. The van der Waals surface area contributed by atoms with Crippen molar-refractivity contribution in [2.24, 2.45) is 0 Å². The van der Waals surface area contributed by atoms with E-state index in [1.54, 1.807) is 17.9 Å². The van der Waals surface area contributed by atoms with Crippen LogP contribution in [-0.4, -0.2) is 15.1 Å². The molecule has 2 aromatic heterocycles. The zero-order chi connectivity index (χ0) is 12.4. The molecule has 3 nitrogen and oxygen atoms in total. The van der Waals surface area contributed by atoms with Gasteiger partial charge in [0.15, 0.2) is 0 Å². The second-order valence-electron chi connectivity index (χ2n) is 4.11. The van der Waals surface area contributed by atoms with Gasteiger partial charge in [-0.3, -0.25) is 9.97 Å². The molecule has 3 aromatic rings. The van der Waals surface area contributed by atoms with Gasteiger partial charge >= 0.3 is 0 Å². The maximum atomic E-state index is 10.2. The number of para-hydroxylation sites is 1. The highest BCUT2D eigenvalue weighted by Gasteiger charge is 2.12. The topological polar surface area (TPSA) is 46.0 Å². The number of hydrogen-bond donors (Lipinski definition) is 1. The number of pyridine rings is 1.